The lowest BCUT2D eigenvalue weighted by Crippen LogP contribution is -2.15. The van der Waals surface area contributed by atoms with Gasteiger partial charge in [-0.2, -0.15) is 13.2 Å². The molecule has 106 valence electrons. The highest BCUT2D eigenvalue weighted by Crippen LogP contribution is 2.34. The maximum atomic E-state index is 12.6. The quantitative estimate of drug-likeness (QED) is 0.875. The third-order valence-electron chi connectivity index (χ3n) is 2.34. The van der Waals surface area contributed by atoms with Crippen LogP contribution in [0.4, 0.5) is 18.9 Å². The molecule has 1 amide bonds. The number of alkyl halides is 3. The predicted molar refractivity (Wildman–Crippen MR) is 68.2 cm³/mol. The molecule has 1 aromatic carbocycles. The van der Waals surface area contributed by atoms with Gasteiger partial charge in [0.15, 0.2) is 0 Å². The van der Waals surface area contributed by atoms with Crippen LogP contribution in [0.25, 0.3) is 0 Å². The third-order valence-corrected chi connectivity index (χ3v) is 3.03. The molecule has 1 heterocycles. The number of nitrogens with zero attached hydrogens (tertiary/aromatic N) is 2. The number of amides is 1. The molecule has 0 saturated carbocycles. The summed E-state index contributed by atoms with van der Waals surface area (Å²) in [5, 5.41) is 8.42. The van der Waals surface area contributed by atoms with E-state index in [1.165, 1.54) is 6.07 Å². The Morgan fingerprint density at radius 2 is 2.10 bits per heavy atom. The summed E-state index contributed by atoms with van der Waals surface area (Å²) < 4.78 is 38.1. The summed E-state index contributed by atoms with van der Waals surface area (Å²) in [6.45, 7) is 1.60. The van der Waals surface area contributed by atoms with Crippen LogP contribution in [-0.4, -0.2) is 21.1 Å². The highest BCUT2D eigenvalue weighted by atomic mass is 79.9. The summed E-state index contributed by atoms with van der Waals surface area (Å²) in [7, 11) is 0. The molecule has 2 rings (SSSR count). The molecule has 0 atom stereocenters. The Bertz CT molecular complexity index is 653. The number of carbonyl (C=O) groups is 1. The van der Waals surface area contributed by atoms with Gasteiger partial charge < -0.3 is 5.32 Å². The van der Waals surface area contributed by atoms with Crippen LogP contribution in [0.1, 0.15) is 22.0 Å². The van der Waals surface area contributed by atoms with Crippen molar-refractivity contribution in [3.8, 4) is 0 Å². The standard InChI is InChI=1S/C11H8BrF3N4O/c1-5-16-9(19-18-5)10(20)17-8-4-6(11(13,14)15)2-3-7(8)12/h2-4H,1H3,(H,17,20)(H,16,18,19). The molecule has 2 aromatic rings. The number of aryl methyl sites for hydroxylation is 1. The number of hydrogen-bond donors (Lipinski definition) is 2. The molecule has 5 nitrogen and oxygen atoms in total. The minimum absolute atomic E-state index is 0.00715. The van der Waals surface area contributed by atoms with Crippen molar-refractivity contribution in [3.05, 3.63) is 39.9 Å². The van der Waals surface area contributed by atoms with Gasteiger partial charge in [0.25, 0.3) is 5.91 Å². The van der Waals surface area contributed by atoms with Crippen molar-refractivity contribution in [1.82, 2.24) is 15.2 Å². The lowest BCUT2D eigenvalue weighted by Gasteiger charge is -2.10. The summed E-state index contributed by atoms with van der Waals surface area (Å²) in [6.07, 6.45) is -4.48. The first-order valence-corrected chi connectivity index (χ1v) is 6.14. The van der Waals surface area contributed by atoms with Gasteiger partial charge in [0.1, 0.15) is 5.82 Å². The first-order valence-electron chi connectivity index (χ1n) is 5.34. The Labute approximate surface area is 119 Å². The van der Waals surface area contributed by atoms with E-state index in [-0.39, 0.29) is 11.5 Å². The lowest BCUT2D eigenvalue weighted by atomic mass is 10.2. The highest BCUT2D eigenvalue weighted by Gasteiger charge is 2.31. The second-order valence-electron chi connectivity index (χ2n) is 3.89. The molecule has 1 aromatic heterocycles. The molecular formula is C11H8BrF3N4O. The van der Waals surface area contributed by atoms with Crippen LogP contribution < -0.4 is 5.32 Å². The van der Waals surface area contributed by atoms with Gasteiger partial charge >= 0.3 is 6.18 Å². The first kappa shape index (κ1) is 14.5. The third kappa shape index (κ3) is 3.16. The molecule has 2 N–H and O–H groups in total. The number of anilines is 1. The molecule has 20 heavy (non-hydrogen) atoms. The average Bonchev–Trinajstić information content (AvgIpc) is 2.77. The zero-order chi connectivity index (χ0) is 14.9. The van der Waals surface area contributed by atoms with Crippen molar-refractivity contribution < 1.29 is 18.0 Å². The zero-order valence-electron chi connectivity index (χ0n) is 10.0. The molecule has 0 aliphatic heterocycles. The van der Waals surface area contributed by atoms with Gasteiger partial charge in [-0.15, -0.1) is 5.10 Å². The van der Waals surface area contributed by atoms with Crippen LogP contribution in [0.5, 0.6) is 0 Å². The van der Waals surface area contributed by atoms with E-state index in [1.54, 1.807) is 6.92 Å². The minimum atomic E-state index is -4.48. The van der Waals surface area contributed by atoms with Crippen LogP contribution in [0.15, 0.2) is 22.7 Å². The van der Waals surface area contributed by atoms with E-state index in [1.807, 2.05) is 0 Å². The number of carbonyl (C=O) groups excluding carboxylic acids is 1. The van der Waals surface area contributed by atoms with E-state index in [9.17, 15) is 18.0 Å². The predicted octanol–water partition coefficient (Wildman–Crippen LogP) is 3.15. The number of nitrogens with one attached hydrogen (secondary N) is 2. The van der Waals surface area contributed by atoms with E-state index in [0.29, 0.717) is 10.3 Å². The zero-order valence-corrected chi connectivity index (χ0v) is 11.6. The Morgan fingerprint density at radius 1 is 1.40 bits per heavy atom. The Hall–Kier alpha value is -1.90. The van der Waals surface area contributed by atoms with Crippen LogP contribution in [-0.2, 0) is 6.18 Å². The number of halogens is 4. The van der Waals surface area contributed by atoms with Crippen molar-refractivity contribution >= 4 is 27.5 Å². The summed E-state index contributed by atoms with van der Waals surface area (Å²) in [5.41, 5.74) is -0.866. The van der Waals surface area contributed by atoms with E-state index in [2.05, 4.69) is 36.4 Å². The number of aromatic nitrogens is 3. The highest BCUT2D eigenvalue weighted by molar-refractivity contribution is 9.10. The molecule has 0 radical (unpaired) electrons. The van der Waals surface area contributed by atoms with Crippen molar-refractivity contribution in [2.24, 2.45) is 0 Å². The molecule has 0 saturated heterocycles. The van der Waals surface area contributed by atoms with Gasteiger partial charge in [0.05, 0.1) is 11.3 Å². The van der Waals surface area contributed by atoms with Gasteiger partial charge in [-0.1, -0.05) is 0 Å². The smallest absolute Gasteiger partial charge is 0.318 e. The molecule has 0 aliphatic rings. The Balaban J connectivity index is 2.27. The molecule has 0 aliphatic carbocycles. The second-order valence-corrected chi connectivity index (χ2v) is 4.75. The largest absolute Gasteiger partial charge is 0.416 e. The number of rotatable bonds is 2. The van der Waals surface area contributed by atoms with Crippen molar-refractivity contribution in [2.45, 2.75) is 13.1 Å². The first-order chi connectivity index (χ1) is 9.27. The number of H-pyrrole nitrogens is 1. The normalized spacial score (nSPS) is 11.4. The van der Waals surface area contributed by atoms with E-state index in [4.69, 9.17) is 0 Å². The molecule has 0 fully saturated rings. The maximum Gasteiger partial charge on any atom is 0.416 e. The summed E-state index contributed by atoms with van der Waals surface area (Å²) in [5.74, 6) is -0.417. The monoisotopic (exact) mass is 348 g/mol. The van der Waals surface area contributed by atoms with Crippen molar-refractivity contribution in [3.63, 3.8) is 0 Å². The average molecular weight is 349 g/mol. The van der Waals surface area contributed by atoms with Gasteiger partial charge in [0, 0.05) is 4.47 Å². The fourth-order valence-corrected chi connectivity index (χ4v) is 1.77. The second kappa shape index (κ2) is 5.23. The fourth-order valence-electron chi connectivity index (χ4n) is 1.42. The molecule has 0 spiro atoms. The van der Waals surface area contributed by atoms with Gasteiger partial charge in [0.2, 0.25) is 5.82 Å². The van der Waals surface area contributed by atoms with E-state index < -0.39 is 17.6 Å². The SMILES string of the molecule is Cc1nc(C(=O)Nc2cc(C(F)(F)F)ccc2Br)n[nH]1. The fraction of sp³-hybridized carbons (Fsp3) is 0.182. The Kier molecular flexibility index (Phi) is 3.80. The number of hydrogen-bond acceptors (Lipinski definition) is 3. The van der Waals surface area contributed by atoms with Crippen molar-refractivity contribution in [2.75, 3.05) is 5.32 Å². The topological polar surface area (TPSA) is 70.7 Å². The minimum Gasteiger partial charge on any atom is -0.318 e. The summed E-state index contributed by atoms with van der Waals surface area (Å²) >= 11 is 3.07. The van der Waals surface area contributed by atoms with Crippen molar-refractivity contribution in [1.29, 1.82) is 0 Å². The van der Waals surface area contributed by atoms with Crippen LogP contribution in [0.3, 0.4) is 0 Å². The molecule has 0 unspecified atom stereocenters. The lowest BCUT2D eigenvalue weighted by molar-refractivity contribution is -0.137. The van der Waals surface area contributed by atoms with Crippen LogP contribution in [0, 0.1) is 6.92 Å². The van der Waals surface area contributed by atoms with Crippen LogP contribution in [0.2, 0.25) is 0 Å². The molecular weight excluding hydrogens is 341 g/mol. The molecule has 9 heteroatoms. The molecule has 0 bridgehead atoms. The van der Waals surface area contributed by atoms with E-state index >= 15 is 0 Å². The summed E-state index contributed by atoms with van der Waals surface area (Å²) in [4.78, 5) is 15.6. The number of aromatic amines is 1. The van der Waals surface area contributed by atoms with Crippen LogP contribution >= 0.6 is 15.9 Å². The number of benzene rings is 1. The van der Waals surface area contributed by atoms with E-state index in [0.717, 1.165) is 12.1 Å². The Morgan fingerprint density at radius 3 is 2.65 bits per heavy atom. The van der Waals surface area contributed by atoms with Gasteiger partial charge in [-0.3, -0.25) is 9.89 Å². The van der Waals surface area contributed by atoms with Gasteiger partial charge in [-0.05, 0) is 41.1 Å². The summed E-state index contributed by atoms with van der Waals surface area (Å²) in [6, 6.07) is 2.96. The van der Waals surface area contributed by atoms with Gasteiger partial charge in [-0.25, -0.2) is 4.98 Å². The maximum absolute atomic E-state index is 12.6.